The second kappa shape index (κ2) is 10.2. The van der Waals surface area contributed by atoms with E-state index in [2.05, 4.69) is 16.2 Å². The third-order valence-electron chi connectivity index (χ3n) is 5.88. The van der Waals surface area contributed by atoms with Gasteiger partial charge in [0, 0.05) is 10.9 Å². The number of sulfonamides is 1. The van der Waals surface area contributed by atoms with Crippen molar-refractivity contribution in [1.82, 2.24) is 15.2 Å². The van der Waals surface area contributed by atoms with Gasteiger partial charge in [-0.2, -0.15) is 4.31 Å². The smallest absolute Gasteiger partial charge is 0.426 e. The molecule has 2 atom stereocenters. The number of hydrazine groups is 1. The number of hydrogen-bond donors (Lipinski definition) is 3. The number of carbonyl (C=O) groups excluding carboxylic acids is 2. The van der Waals surface area contributed by atoms with Crippen molar-refractivity contribution in [2.24, 2.45) is 0 Å². The van der Waals surface area contributed by atoms with Crippen LogP contribution in [0.3, 0.4) is 0 Å². The lowest BCUT2D eigenvalue weighted by molar-refractivity contribution is -0.126. The summed E-state index contributed by atoms with van der Waals surface area (Å²) in [4.78, 5) is 25.5. The highest BCUT2D eigenvalue weighted by atomic mass is 35.5. The predicted octanol–water partition coefficient (Wildman–Crippen LogP) is 4.20. The van der Waals surface area contributed by atoms with E-state index in [1.54, 1.807) is 47.6 Å². The number of carbonyl (C=O) groups is 2. The largest absolute Gasteiger partial charge is 0.443 e. The number of amides is 2. The second-order valence-electron chi connectivity index (χ2n) is 9.62. The normalized spacial score (nSPS) is 16.8. The van der Waals surface area contributed by atoms with E-state index in [1.165, 1.54) is 24.3 Å². The summed E-state index contributed by atoms with van der Waals surface area (Å²) in [5.41, 5.74) is 5.42. The number of halogens is 2. The molecule has 1 aliphatic rings. The van der Waals surface area contributed by atoms with Crippen molar-refractivity contribution in [2.75, 3.05) is 12.0 Å². The van der Waals surface area contributed by atoms with Crippen molar-refractivity contribution >= 4 is 39.3 Å². The van der Waals surface area contributed by atoms with E-state index in [0.717, 1.165) is 9.87 Å². The Morgan fingerprint density at radius 3 is 2.47 bits per heavy atom. The van der Waals surface area contributed by atoms with Gasteiger partial charge in [-0.15, -0.1) is 0 Å². The van der Waals surface area contributed by atoms with Crippen LogP contribution in [-0.2, 0) is 19.6 Å². The van der Waals surface area contributed by atoms with Crippen LogP contribution in [0, 0.1) is 19.7 Å². The van der Waals surface area contributed by atoms with Crippen molar-refractivity contribution in [3.63, 3.8) is 0 Å². The molecule has 0 aromatic heterocycles. The van der Waals surface area contributed by atoms with Crippen LogP contribution in [0.25, 0.3) is 0 Å². The first kappa shape index (κ1) is 27.7. The number of fused-ring (bicyclic) bond motifs is 1. The molecule has 0 spiro atoms. The van der Waals surface area contributed by atoms with Crippen LogP contribution >= 0.6 is 11.6 Å². The summed E-state index contributed by atoms with van der Waals surface area (Å²) in [6.07, 6.45) is -0.931. The average molecular weight is 541 g/mol. The molecule has 9 nitrogen and oxygen atoms in total. The van der Waals surface area contributed by atoms with E-state index < -0.39 is 45.4 Å². The van der Waals surface area contributed by atoms with Gasteiger partial charge < -0.3 is 10.1 Å². The number of nitrogens with one attached hydrogen (secondary N) is 3. The van der Waals surface area contributed by atoms with Crippen molar-refractivity contribution < 1.29 is 27.1 Å². The van der Waals surface area contributed by atoms with Gasteiger partial charge in [0.05, 0.1) is 12.4 Å². The van der Waals surface area contributed by atoms with Crippen LogP contribution in [-0.4, -0.2) is 43.0 Å². The minimum Gasteiger partial charge on any atom is -0.443 e. The van der Waals surface area contributed by atoms with Gasteiger partial charge >= 0.3 is 6.09 Å². The molecule has 1 unspecified atom stereocenters. The molecule has 0 saturated carbocycles. The van der Waals surface area contributed by atoms with Gasteiger partial charge in [-0.3, -0.25) is 10.2 Å². The molecule has 2 amide bonds. The van der Waals surface area contributed by atoms with E-state index in [-0.39, 0.29) is 22.8 Å². The molecule has 0 radical (unpaired) electrons. The first-order chi connectivity index (χ1) is 16.6. The molecular formula is C24H30ClFN4O5S. The quantitative estimate of drug-likeness (QED) is 0.500. The molecule has 3 rings (SSSR count). The molecule has 12 heteroatoms. The summed E-state index contributed by atoms with van der Waals surface area (Å²) in [6.45, 7) is 9.74. The van der Waals surface area contributed by atoms with Crippen molar-refractivity contribution in [3.8, 4) is 0 Å². The first-order valence-electron chi connectivity index (χ1n) is 11.2. The zero-order valence-electron chi connectivity index (χ0n) is 20.9. The van der Waals surface area contributed by atoms with E-state index >= 15 is 4.39 Å². The standard InChI is InChI=1S/C24H30ClFN4O5S/c1-13-7-9-17(26)20(14(13)2)15(3)21(22(31)28-29-23(32)35-24(4,5)6)30-12-27-18-11-16(25)8-10-19(18)36(30,33)34/h7-11,15,21,27H,12H2,1-6H3,(H,28,31)(H,29,32)/t15?,21-/m0/s1. The zero-order valence-corrected chi connectivity index (χ0v) is 22.5. The number of benzene rings is 2. The van der Waals surface area contributed by atoms with E-state index in [4.69, 9.17) is 16.3 Å². The van der Waals surface area contributed by atoms with Gasteiger partial charge in [0.1, 0.15) is 22.4 Å². The summed E-state index contributed by atoms with van der Waals surface area (Å²) < 4.78 is 48.3. The summed E-state index contributed by atoms with van der Waals surface area (Å²) in [6, 6.07) is 5.69. The molecule has 2 aromatic carbocycles. The predicted molar refractivity (Wildman–Crippen MR) is 135 cm³/mol. The topological polar surface area (TPSA) is 117 Å². The van der Waals surface area contributed by atoms with Crippen LogP contribution in [0.4, 0.5) is 14.9 Å². The van der Waals surface area contributed by atoms with Gasteiger partial charge in [0.25, 0.3) is 5.91 Å². The minimum atomic E-state index is -4.22. The molecule has 1 heterocycles. The van der Waals surface area contributed by atoms with Gasteiger partial charge in [-0.1, -0.05) is 24.6 Å². The zero-order chi connectivity index (χ0) is 27.0. The Hall–Kier alpha value is -2.89. The number of aryl methyl sites for hydroxylation is 1. The number of ether oxygens (including phenoxy) is 1. The molecule has 0 aliphatic carbocycles. The molecule has 3 N–H and O–H groups in total. The number of anilines is 1. The maximum absolute atomic E-state index is 15.0. The van der Waals surface area contributed by atoms with E-state index in [1.807, 2.05) is 0 Å². The van der Waals surface area contributed by atoms with Crippen LogP contribution in [0.1, 0.15) is 50.3 Å². The Kier molecular flexibility index (Phi) is 7.87. The fourth-order valence-corrected chi connectivity index (χ4v) is 5.99. The van der Waals surface area contributed by atoms with Gasteiger partial charge in [-0.05, 0) is 75.6 Å². The van der Waals surface area contributed by atoms with Gasteiger partial charge in [0.2, 0.25) is 10.0 Å². The van der Waals surface area contributed by atoms with E-state index in [9.17, 15) is 18.0 Å². The van der Waals surface area contributed by atoms with E-state index in [0.29, 0.717) is 10.6 Å². The number of rotatable bonds is 4. The highest BCUT2D eigenvalue weighted by Gasteiger charge is 2.44. The minimum absolute atomic E-state index is 0.0790. The molecule has 0 saturated heterocycles. The average Bonchev–Trinajstić information content (AvgIpc) is 2.75. The lowest BCUT2D eigenvalue weighted by Gasteiger charge is -2.37. The van der Waals surface area contributed by atoms with Crippen LogP contribution < -0.4 is 16.2 Å². The molecule has 0 bridgehead atoms. The molecular weight excluding hydrogens is 511 g/mol. The summed E-state index contributed by atoms with van der Waals surface area (Å²) in [7, 11) is -4.22. The molecule has 196 valence electrons. The summed E-state index contributed by atoms with van der Waals surface area (Å²) in [5.74, 6) is -2.37. The Morgan fingerprint density at radius 1 is 1.17 bits per heavy atom. The maximum atomic E-state index is 15.0. The lowest BCUT2D eigenvalue weighted by Crippen LogP contribution is -2.58. The molecule has 1 aliphatic heterocycles. The lowest BCUT2D eigenvalue weighted by atomic mass is 9.87. The van der Waals surface area contributed by atoms with Crippen LogP contribution in [0.5, 0.6) is 0 Å². The fourth-order valence-electron chi connectivity index (χ4n) is 4.11. The first-order valence-corrected chi connectivity index (χ1v) is 13.0. The number of hydrogen-bond acceptors (Lipinski definition) is 6. The van der Waals surface area contributed by atoms with Crippen molar-refractivity contribution in [1.29, 1.82) is 0 Å². The number of nitrogens with zero attached hydrogens (tertiary/aromatic N) is 1. The Balaban J connectivity index is 2.04. The van der Waals surface area contributed by atoms with Gasteiger partial charge in [-0.25, -0.2) is 23.0 Å². The Morgan fingerprint density at radius 2 is 1.83 bits per heavy atom. The summed E-state index contributed by atoms with van der Waals surface area (Å²) >= 11 is 6.01. The third-order valence-corrected chi connectivity index (χ3v) is 8.00. The van der Waals surface area contributed by atoms with Crippen LogP contribution in [0.15, 0.2) is 35.2 Å². The van der Waals surface area contributed by atoms with Crippen molar-refractivity contribution in [3.05, 3.63) is 57.9 Å². The fraction of sp³-hybridized carbons (Fsp3) is 0.417. The third kappa shape index (κ3) is 5.74. The Bertz CT molecular complexity index is 1300. The SMILES string of the molecule is Cc1ccc(F)c(C(C)[C@@H](C(=O)NNC(=O)OC(C)(C)C)N2CNc3cc(Cl)ccc3S2(=O)=O)c1C. The Labute approximate surface area is 215 Å². The summed E-state index contributed by atoms with van der Waals surface area (Å²) in [5, 5.41) is 3.30. The van der Waals surface area contributed by atoms with Crippen LogP contribution in [0.2, 0.25) is 5.02 Å². The second-order valence-corrected chi connectivity index (χ2v) is 11.9. The highest BCUT2D eigenvalue weighted by Crippen LogP contribution is 2.37. The monoisotopic (exact) mass is 540 g/mol. The maximum Gasteiger partial charge on any atom is 0.426 e. The van der Waals surface area contributed by atoms with Crippen molar-refractivity contribution in [2.45, 2.75) is 64.0 Å². The molecule has 2 aromatic rings. The highest BCUT2D eigenvalue weighted by molar-refractivity contribution is 7.89. The van der Waals surface area contributed by atoms with Gasteiger partial charge in [0.15, 0.2) is 0 Å². The molecule has 36 heavy (non-hydrogen) atoms. The molecule has 0 fully saturated rings.